The molecule has 0 bridgehead atoms. The third-order valence-electron chi connectivity index (χ3n) is 3.32. The third kappa shape index (κ3) is 3.58. The van der Waals surface area contributed by atoms with Crippen molar-refractivity contribution in [2.24, 2.45) is 0 Å². The van der Waals surface area contributed by atoms with Gasteiger partial charge in [-0.05, 0) is 48.0 Å². The van der Waals surface area contributed by atoms with E-state index in [2.05, 4.69) is 22.0 Å². The average Bonchev–Trinajstić information content (AvgIpc) is 3.03. The van der Waals surface area contributed by atoms with Gasteiger partial charge < -0.3 is 4.42 Å². The minimum atomic E-state index is -0.332. The summed E-state index contributed by atoms with van der Waals surface area (Å²) in [4.78, 5) is 0. The van der Waals surface area contributed by atoms with E-state index in [1.165, 1.54) is 12.1 Å². The zero-order chi connectivity index (χ0) is 16.2. The quantitative estimate of drug-likeness (QED) is 0.539. The number of hydrogen-bond donors (Lipinski definition) is 0. The fourth-order valence-corrected chi connectivity index (χ4v) is 2.42. The fourth-order valence-electron chi connectivity index (χ4n) is 2.15. The molecule has 3 rings (SSSR count). The molecule has 1 heterocycles. The van der Waals surface area contributed by atoms with Gasteiger partial charge in [0.2, 0.25) is 0 Å². The van der Waals surface area contributed by atoms with E-state index in [0.717, 1.165) is 15.8 Å². The smallest absolute Gasteiger partial charge is 0.134 e. The van der Waals surface area contributed by atoms with Gasteiger partial charge in [-0.2, -0.15) is 5.26 Å². The van der Waals surface area contributed by atoms with Gasteiger partial charge in [-0.25, -0.2) is 4.39 Å². The number of furan rings is 1. The van der Waals surface area contributed by atoms with Gasteiger partial charge in [-0.1, -0.05) is 40.2 Å². The first-order valence-electron chi connectivity index (χ1n) is 6.89. The SMILES string of the molecule is N#C/C(=C\c1ccc(-c2ccc(Br)cc2)o1)c1ccc(F)cc1. The molecule has 0 saturated carbocycles. The monoisotopic (exact) mass is 367 g/mol. The summed E-state index contributed by atoms with van der Waals surface area (Å²) in [7, 11) is 0. The molecule has 0 fully saturated rings. The molecule has 1 aromatic heterocycles. The molecule has 112 valence electrons. The second-order valence-corrected chi connectivity index (χ2v) is 5.80. The highest BCUT2D eigenvalue weighted by molar-refractivity contribution is 9.10. The largest absolute Gasteiger partial charge is 0.457 e. The Bertz CT molecular complexity index is 886. The Labute approximate surface area is 141 Å². The molecule has 2 nitrogen and oxygen atoms in total. The molecule has 0 amide bonds. The first-order valence-corrected chi connectivity index (χ1v) is 7.68. The van der Waals surface area contributed by atoms with E-state index < -0.39 is 0 Å². The van der Waals surface area contributed by atoms with E-state index in [9.17, 15) is 9.65 Å². The van der Waals surface area contributed by atoms with Crippen molar-refractivity contribution in [2.75, 3.05) is 0 Å². The highest BCUT2D eigenvalue weighted by Crippen LogP contribution is 2.26. The molecule has 4 heteroatoms. The van der Waals surface area contributed by atoms with Crippen LogP contribution in [0.2, 0.25) is 0 Å². The topological polar surface area (TPSA) is 36.9 Å². The Kier molecular flexibility index (Phi) is 4.40. The molecular weight excluding hydrogens is 357 g/mol. The summed E-state index contributed by atoms with van der Waals surface area (Å²) in [6.07, 6.45) is 1.65. The van der Waals surface area contributed by atoms with Gasteiger partial charge in [-0.3, -0.25) is 0 Å². The average molecular weight is 368 g/mol. The van der Waals surface area contributed by atoms with E-state index in [0.29, 0.717) is 16.9 Å². The van der Waals surface area contributed by atoms with Gasteiger partial charge in [0.1, 0.15) is 17.3 Å². The van der Waals surface area contributed by atoms with Gasteiger partial charge >= 0.3 is 0 Å². The van der Waals surface area contributed by atoms with Crippen LogP contribution in [0.25, 0.3) is 23.0 Å². The number of nitriles is 1. The Morgan fingerprint density at radius 3 is 2.35 bits per heavy atom. The van der Waals surface area contributed by atoms with Crippen LogP contribution in [-0.4, -0.2) is 0 Å². The second kappa shape index (κ2) is 6.64. The summed E-state index contributed by atoms with van der Waals surface area (Å²) in [5.74, 6) is 0.963. The van der Waals surface area contributed by atoms with Crippen LogP contribution in [0.1, 0.15) is 11.3 Å². The molecule has 0 atom stereocenters. The van der Waals surface area contributed by atoms with Crippen molar-refractivity contribution in [3.8, 4) is 17.4 Å². The van der Waals surface area contributed by atoms with Crippen LogP contribution in [0.3, 0.4) is 0 Å². The summed E-state index contributed by atoms with van der Waals surface area (Å²) in [5, 5.41) is 9.31. The number of benzene rings is 2. The number of allylic oxidation sites excluding steroid dienone is 1. The van der Waals surface area contributed by atoms with Crippen LogP contribution in [0.5, 0.6) is 0 Å². The molecule has 0 saturated heterocycles. The van der Waals surface area contributed by atoms with Crippen molar-refractivity contribution in [1.29, 1.82) is 5.26 Å². The minimum absolute atomic E-state index is 0.332. The predicted molar refractivity (Wildman–Crippen MR) is 91.7 cm³/mol. The molecule has 23 heavy (non-hydrogen) atoms. The first-order chi connectivity index (χ1) is 11.2. The van der Waals surface area contributed by atoms with Crippen LogP contribution in [-0.2, 0) is 0 Å². The van der Waals surface area contributed by atoms with Gasteiger partial charge in [0.25, 0.3) is 0 Å². The van der Waals surface area contributed by atoms with Gasteiger partial charge in [0.15, 0.2) is 0 Å². The lowest BCUT2D eigenvalue weighted by atomic mass is 10.1. The highest BCUT2D eigenvalue weighted by Gasteiger charge is 2.06. The van der Waals surface area contributed by atoms with E-state index in [1.54, 1.807) is 24.3 Å². The number of halogens is 2. The second-order valence-electron chi connectivity index (χ2n) is 4.89. The summed E-state index contributed by atoms with van der Waals surface area (Å²) < 4.78 is 19.7. The maximum absolute atomic E-state index is 13.0. The van der Waals surface area contributed by atoms with Crippen LogP contribution in [0, 0.1) is 17.1 Å². The maximum Gasteiger partial charge on any atom is 0.134 e. The standard InChI is InChI=1S/C19H11BrFNO/c20-16-5-1-14(2-6-16)19-10-9-18(23-19)11-15(12-22)13-3-7-17(21)8-4-13/h1-11H/b15-11+. The van der Waals surface area contributed by atoms with Gasteiger partial charge in [0.05, 0.1) is 11.6 Å². The minimum Gasteiger partial charge on any atom is -0.457 e. The Balaban J connectivity index is 1.91. The van der Waals surface area contributed by atoms with Crippen molar-refractivity contribution in [2.45, 2.75) is 0 Å². The predicted octanol–water partition coefficient (Wildman–Crippen LogP) is 5.91. The first kappa shape index (κ1) is 15.3. The van der Waals surface area contributed by atoms with Crippen molar-refractivity contribution < 1.29 is 8.81 Å². The molecule has 3 aromatic rings. The number of hydrogen-bond acceptors (Lipinski definition) is 2. The Morgan fingerprint density at radius 1 is 1.00 bits per heavy atom. The van der Waals surface area contributed by atoms with E-state index in [1.807, 2.05) is 30.3 Å². The summed E-state index contributed by atoms with van der Waals surface area (Å²) in [6, 6.07) is 19.3. The van der Waals surface area contributed by atoms with Crippen LogP contribution < -0.4 is 0 Å². The van der Waals surface area contributed by atoms with Crippen LogP contribution >= 0.6 is 15.9 Å². The van der Waals surface area contributed by atoms with E-state index >= 15 is 0 Å². The molecule has 0 radical (unpaired) electrons. The van der Waals surface area contributed by atoms with Crippen molar-refractivity contribution in [3.63, 3.8) is 0 Å². The Morgan fingerprint density at radius 2 is 1.70 bits per heavy atom. The Hall–Kier alpha value is -2.64. The zero-order valence-electron chi connectivity index (χ0n) is 12.0. The van der Waals surface area contributed by atoms with Crippen LogP contribution in [0.15, 0.2) is 69.6 Å². The highest BCUT2D eigenvalue weighted by atomic mass is 79.9. The molecule has 0 spiro atoms. The molecule has 0 aliphatic carbocycles. The molecular formula is C19H11BrFNO. The molecule has 2 aromatic carbocycles. The van der Waals surface area contributed by atoms with Crippen molar-refractivity contribution >= 4 is 27.6 Å². The van der Waals surface area contributed by atoms with Gasteiger partial charge in [0, 0.05) is 10.0 Å². The normalized spacial score (nSPS) is 11.3. The third-order valence-corrected chi connectivity index (χ3v) is 3.85. The molecule has 0 N–H and O–H groups in total. The van der Waals surface area contributed by atoms with Crippen LogP contribution in [0.4, 0.5) is 4.39 Å². The lowest BCUT2D eigenvalue weighted by Crippen LogP contribution is -1.82. The zero-order valence-corrected chi connectivity index (χ0v) is 13.5. The fraction of sp³-hybridized carbons (Fsp3) is 0. The van der Waals surface area contributed by atoms with Gasteiger partial charge in [-0.15, -0.1) is 0 Å². The molecule has 0 unspecified atom stereocenters. The van der Waals surface area contributed by atoms with Crippen molar-refractivity contribution in [1.82, 2.24) is 0 Å². The lowest BCUT2D eigenvalue weighted by Gasteiger charge is -1.99. The summed E-state index contributed by atoms with van der Waals surface area (Å²) in [6.45, 7) is 0. The number of nitrogens with zero attached hydrogens (tertiary/aromatic N) is 1. The van der Waals surface area contributed by atoms with Crippen molar-refractivity contribution in [3.05, 3.63) is 82.3 Å². The van der Waals surface area contributed by atoms with E-state index in [-0.39, 0.29) is 5.82 Å². The summed E-state index contributed by atoms with van der Waals surface area (Å²) in [5.41, 5.74) is 2.02. The molecule has 0 aliphatic heterocycles. The maximum atomic E-state index is 13.0. The lowest BCUT2D eigenvalue weighted by molar-refractivity contribution is 0.572. The summed E-state index contributed by atoms with van der Waals surface area (Å²) >= 11 is 3.39. The van der Waals surface area contributed by atoms with E-state index in [4.69, 9.17) is 4.42 Å². The molecule has 0 aliphatic rings. The number of rotatable bonds is 3.